The molecule has 0 amide bonds. The summed E-state index contributed by atoms with van der Waals surface area (Å²) in [5.41, 5.74) is 2.13. The van der Waals surface area contributed by atoms with Crippen molar-refractivity contribution in [2.24, 2.45) is 0 Å². The Hall–Kier alpha value is -1.11. The van der Waals surface area contributed by atoms with Gasteiger partial charge in [-0.25, -0.2) is 8.42 Å². The third kappa shape index (κ3) is 3.31. The Morgan fingerprint density at radius 2 is 1.95 bits per heavy atom. The molecule has 1 aliphatic rings. The van der Waals surface area contributed by atoms with Crippen molar-refractivity contribution >= 4 is 15.7 Å². The van der Waals surface area contributed by atoms with Crippen LogP contribution in [0.25, 0.3) is 0 Å². The fourth-order valence-electron chi connectivity index (χ4n) is 2.25. The van der Waals surface area contributed by atoms with Gasteiger partial charge in [0.2, 0.25) is 10.0 Å². The van der Waals surface area contributed by atoms with Gasteiger partial charge in [-0.1, -0.05) is 12.1 Å². The van der Waals surface area contributed by atoms with Crippen LogP contribution in [0.5, 0.6) is 0 Å². The zero-order valence-corrected chi connectivity index (χ0v) is 13.1. The van der Waals surface area contributed by atoms with Crippen LogP contribution in [-0.2, 0) is 14.8 Å². The van der Waals surface area contributed by atoms with Gasteiger partial charge >= 0.3 is 0 Å². The number of anilines is 1. The lowest BCUT2D eigenvalue weighted by Crippen LogP contribution is -2.42. The van der Waals surface area contributed by atoms with Gasteiger partial charge in [0.1, 0.15) is 0 Å². The van der Waals surface area contributed by atoms with Gasteiger partial charge in [-0.3, -0.25) is 0 Å². The highest BCUT2D eigenvalue weighted by Gasteiger charge is 2.28. The number of ether oxygens (including phenoxy) is 1. The summed E-state index contributed by atoms with van der Waals surface area (Å²) in [6, 6.07) is 8.04. The fraction of sp³-hybridized carbons (Fsp3) is 0.571. The van der Waals surface area contributed by atoms with Gasteiger partial charge in [-0.2, -0.15) is 4.31 Å². The van der Waals surface area contributed by atoms with E-state index in [-0.39, 0.29) is 11.9 Å². The summed E-state index contributed by atoms with van der Waals surface area (Å²) in [7, 11) is 0.837. The molecule has 1 unspecified atom stereocenters. The molecule has 0 aliphatic carbocycles. The van der Waals surface area contributed by atoms with Crippen molar-refractivity contribution in [3.63, 3.8) is 0 Å². The van der Waals surface area contributed by atoms with E-state index in [9.17, 15) is 8.42 Å². The van der Waals surface area contributed by atoms with E-state index in [0.29, 0.717) is 19.7 Å². The Bertz CT molecular complexity index is 540. The zero-order chi connectivity index (χ0) is 14.8. The summed E-state index contributed by atoms with van der Waals surface area (Å²) in [5, 5.41) is 0. The highest BCUT2D eigenvalue weighted by Crippen LogP contribution is 2.25. The van der Waals surface area contributed by atoms with E-state index >= 15 is 0 Å². The monoisotopic (exact) mass is 298 g/mol. The molecule has 1 aliphatic heterocycles. The lowest BCUT2D eigenvalue weighted by Gasteiger charge is -2.32. The maximum absolute atomic E-state index is 11.9. The maximum Gasteiger partial charge on any atom is 0.214 e. The van der Waals surface area contributed by atoms with Crippen LogP contribution in [0.4, 0.5) is 5.69 Å². The van der Waals surface area contributed by atoms with Crippen molar-refractivity contribution in [1.82, 2.24) is 4.31 Å². The second-order valence-electron chi connectivity index (χ2n) is 5.10. The highest BCUT2D eigenvalue weighted by atomic mass is 32.2. The molecule has 112 valence electrons. The molecule has 5 nitrogen and oxygen atoms in total. The second kappa shape index (κ2) is 6.11. The summed E-state index contributed by atoms with van der Waals surface area (Å²) in [5.74, 6) is 0.138. The van der Waals surface area contributed by atoms with Crippen molar-refractivity contribution in [1.29, 1.82) is 0 Å². The van der Waals surface area contributed by atoms with Crippen LogP contribution in [0.2, 0.25) is 0 Å². The standard InChI is InChI=1S/C14H22N2O3S/c1-4-20(17,18)16-9-10-19-14(11-16)12-5-7-13(8-6-12)15(2)3/h5-8,14H,4,9-11H2,1-3H3. The van der Waals surface area contributed by atoms with E-state index in [2.05, 4.69) is 0 Å². The highest BCUT2D eigenvalue weighted by molar-refractivity contribution is 7.89. The van der Waals surface area contributed by atoms with Crippen molar-refractivity contribution in [2.75, 3.05) is 44.4 Å². The first kappa shape index (κ1) is 15.3. The van der Waals surface area contributed by atoms with Gasteiger partial charge in [0.05, 0.1) is 18.5 Å². The average Bonchev–Trinajstić information content (AvgIpc) is 2.47. The van der Waals surface area contributed by atoms with E-state index in [1.165, 1.54) is 4.31 Å². The number of nitrogens with zero attached hydrogens (tertiary/aromatic N) is 2. The SMILES string of the molecule is CCS(=O)(=O)N1CCOC(c2ccc(N(C)C)cc2)C1. The predicted octanol–water partition coefficient (Wildman–Crippen LogP) is 1.48. The van der Waals surface area contributed by atoms with Gasteiger partial charge in [-0.05, 0) is 24.6 Å². The van der Waals surface area contributed by atoms with Crippen LogP contribution < -0.4 is 4.90 Å². The number of hydrogen-bond acceptors (Lipinski definition) is 4. The number of hydrogen-bond donors (Lipinski definition) is 0. The normalized spacial score (nSPS) is 20.9. The number of benzene rings is 1. The van der Waals surface area contributed by atoms with Crippen LogP contribution in [-0.4, -0.2) is 52.3 Å². The van der Waals surface area contributed by atoms with E-state index in [0.717, 1.165) is 11.3 Å². The third-order valence-electron chi connectivity index (χ3n) is 3.57. The van der Waals surface area contributed by atoms with Crippen molar-refractivity contribution in [3.8, 4) is 0 Å². The molecule has 0 radical (unpaired) electrons. The quantitative estimate of drug-likeness (QED) is 0.845. The van der Waals surface area contributed by atoms with Crippen LogP contribution in [0.3, 0.4) is 0 Å². The molecule has 1 heterocycles. The molecule has 1 fully saturated rings. The molecule has 1 aromatic rings. The lowest BCUT2D eigenvalue weighted by molar-refractivity contribution is -0.00249. The summed E-state index contributed by atoms with van der Waals surface area (Å²) in [6.45, 7) is 2.96. The van der Waals surface area contributed by atoms with Crippen molar-refractivity contribution in [2.45, 2.75) is 13.0 Å². The Balaban J connectivity index is 2.13. The maximum atomic E-state index is 11.9. The largest absolute Gasteiger partial charge is 0.378 e. The molecule has 0 aromatic heterocycles. The minimum Gasteiger partial charge on any atom is -0.378 e. The Morgan fingerprint density at radius 1 is 1.30 bits per heavy atom. The summed E-state index contributed by atoms with van der Waals surface area (Å²) >= 11 is 0. The van der Waals surface area contributed by atoms with Crippen LogP contribution >= 0.6 is 0 Å². The van der Waals surface area contributed by atoms with Crippen LogP contribution in [0.15, 0.2) is 24.3 Å². The third-order valence-corrected chi connectivity index (χ3v) is 5.42. The van der Waals surface area contributed by atoms with Crippen LogP contribution in [0, 0.1) is 0 Å². The molecule has 1 saturated heterocycles. The van der Waals surface area contributed by atoms with Gasteiger partial charge in [-0.15, -0.1) is 0 Å². The number of morpholine rings is 1. The van der Waals surface area contributed by atoms with Gasteiger partial charge < -0.3 is 9.64 Å². The molecule has 6 heteroatoms. The molecule has 20 heavy (non-hydrogen) atoms. The smallest absolute Gasteiger partial charge is 0.214 e. The topological polar surface area (TPSA) is 49.9 Å². The molecule has 0 saturated carbocycles. The van der Waals surface area contributed by atoms with E-state index in [4.69, 9.17) is 4.74 Å². The Morgan fingerprint density at radius 3 is 2.50 bits per heavy atom. The van der Waals surface area contributed by atoms with E-state index < -0.39 is 10.0 Å². The molecule has 1 atom stereocenters. The first-order chi connectivity index (χ1) is 9.44. The van der Waals surface area contributed by atoms with Crippen molar-refractivity contribution < 1.29 is 13.2 Å². The molecule has 0 bridgehead atoms. The number of rotatable bonds is 4. The molecular weight excluding hydrogens is 276 g/mol. The first-order valence-electron chi connectivity index (χ1n) is 6.80. The van der Waals surface area contributed by atoms with Gasteiger partial charge in [0, 0.05) is 32.9 Å². The van der Waals surface area contributed by atoms with Crippen molar-refractivity contribution in [3.05, 3.63) is 29.8 Å². The van der Waals surface area contributed by atoms with Gasteiger partial charge in [0.25, 0.3) is 0 Å². The minimum absolute atomic E-state index is 0.138. The van der Waals surface area contributed by atoms with Gasteiger partial charge in [0.15, 0.2) is 0 Å². The Labute approximate surface area is 121 Å². The molecule has 2 rings (SSSR count). The molecule has 0 N–H and O–H groups in total. The fourth-order valence-corrected chi connectivity index (χ4v) is 3.33. The average molecular weight is 298 g/mol. The first-order valence-corrected chi connectivity index (χ1v) is 8.41. The number of sulfonamides is 1. The lowest BCUT2D eigenvalue weighted by atomic mass is 10.1. The Kier molecular flexibility index (Phi) is 4.67. The second-order valence-corrected chi connectivity index (χ2v) is 7.36. The summed E-state index contributed by atoms with van der Waals surface area (Å²) in [6.07, 6.45) is -0.179. The minimum atomic E-state index is -3.14. The van der Waals surface area contributed by atoms with E-state index in [1.54, 1.807) is 6.92 Å². The zero-order valence-electron chi connectivity index (χ0n) is 12.2. The molecule has 1 aromatic carbocycles. The summed E-state index contributed by atoms with van der Waals surface area (Å²) in [4.78, 5) is 2.03. The predicted molar refractivity (Wildman–Crippen MR) is 80.5 cm³/mol. The summed E-state index contributed by atoms with van der Waals surface area (Å²) < 4.78 is 31.1. The molecule has 0 spiro atoms. The van der Waals surface area contributed by atoms with Crippen LogP contribution in [0.1, 0.15) is 18.6 Å². The van der Waals surface area contributed by atoms with E-state index in [1.807, 2.05) is 43.3 Å². The molecular formula is C14H22N2O3S.